The number of hydrogen-bond acceptors (Lipinski definition) is 0. The zero-order valence-corrected chi connectivity index (χ0v) is 10.4. The predicted molar refractivity (Wildman–Crippen MR) is 75.9 cm³/mol. The summed E-state index contributed by atoms with van der Waals surface area (Å²) in [5.74, 6) is 0.545. The van der Waals surface area contributed by atoms with Crippen molar-refractivity contribution < 1.29 is 0 Å². The minimum Gasteiger partial charge on any atom is -0.107 e. The number of hydrogen-bond donors (Lipinski definition) is 0. The van der Waals surface area contributed by atoms with E-state index in [1.165, 1.54) is 18.4 Å². The van der Waals surface area contributed by atoms with Crippen LogP contribution < -0.4 is 0 Å². The zero-order chi connectivity index (χ0) is 12.4. The number of benzene rings is 1. The fraction of sp³-hybridized carbons (Fsp3) is 0.250. The first-order valence-electron chi connectivity index (χ1n) is 6.02. The predicted octanol–water partition coefficient (Wildman–Crippen LogP) is 4.03. The van der Waals surface area contributed by atoms with Crippen molar-refractivity contribution >= 4 is 13.4 Å². The van der Waals surface area contributed by atoms with E-state index in [1.54, 1.807) is 0 Å². The molecule has 0 nitrogen and oxygen atoms in total. The highest BCUT2D eigenvalue weighted by molar-refractivity contribution is 6.24. The lowest BCUT2D eigenvalue weighted by molar-refractivity contribution is 1.08. The van der Waals surface area contributed by atoms with Gasteiger partial charge in [0.05, 0.1) is 0 Å². The van der Waals surface area contributed by atoms with Gasteiger partial charge in [0.25, 0.3) is 0 Å². The van der Waals surface area contributed by atoms with Gasteiger partial charge in [-0.05, 0) is 48.0 Å². The lowest BCUT2D eigenvalue weighted by Crippen LogP contribution is -1.96. The summed E-state index contributed by atoms with van der Waals surface area (Å²) in [5, 5.41) is 0. The van der Waals surface area contributed by atoms with Crippen LogP contribution in [0.25, 0.3) is 5.57 Å². The topological polar surface area (TPSA) is 0 Å². The molecule has 17 heavy (non-hydrogen) atoms. The monoisotopic (exact) mass is 220 g/mol. The summed E-state index contributed by atoms with van der Waals surface area (Å²) in [6.07, 6.45) is 4.23. The maximum atomic E-state index is 6.17. The molecule has 1 saturated carbocycles. The molecule has 0 amide bonds. The summed E-state index contributed by atoms with van der Waals surface area (Å²) in [5.41, 5.74) is 5.34. The molecular formula is C16H17B. The van der Waals surface area contributed by atoms with Crippen molar-refractivity contribution in [2.24, 2.45) is 5.92 Å². The number of aryl methyl sites for hydroxylation is 1. The maximum absolute atomic E-state index is 6.17. The zero-order valence-electron chi connectivity index (χ0n) is 10.4. The van der Waals surface area contributed by atoms with Gasteiger partial charge < -0.3 is 0 Å². The molecule has 0 saturated heterocycles. The third-order valence-corrected chi connectivity index (χ3v) is 3.33. The Morgan fingerprint density at radius 2 is 2.00 bits per heavy atom. The second-order valence-corrected chi connectivity index (χ2v) is 4.64. The Kier molecular flexibility index (Phi) is 3.37. The lowest BCUT2D eigenvalue weighted by Gasteiger charge is -2.14. The van der Waals surface area contributed by atoms with E-state index in [4.69, 9.17) is 7.85 Å². The molecule has 0 unspecified atom stereocenters. The molecule has 1 aliphatic carbocycles. The summed E-state index contributed by atoms with van der Waals surface area (Å²) in [6.45, 7) is 10.1. The molecule has 84 valence electrons. The first-order valence-corrected chi connectivity index (χ1v) is 6.02. The quantitative estimate of drug-likeness (QED) is 0.530. The average Bonchev–Trinajstić information content (AvgIpc) is 3.14. The van der Waals surface area contributed by atoms with Gasteiger partial charge in [-0.25, -0.2) is 0 Å². The molecule has 0 aromatic heterocycles. The Morgan fingerprint density at radius 1 is 1.35 bits per heavy atom. The fourth-order valence-corrected chi connectivity index (χ4v) is 2.09. The second-order valence-electron chi connectivity index (χ2n) is 4.64. The molecular weight excluding hydrogens is 203 g/mol. The van der Waals surface area contributed by atoms with Gasteiger partial charge in [0.15, 0.2) is 0 Å². The van der Waals surface area contributed by atoms with Crippen LogP contribution in [0.5, 0.6) is 0 Å². The fourth-order valence-electron chi connectivity index (χ4n) is 2.09. The second kappa shape index (κ2) is 4.79. The van der Waals surface area contributed by atoms with Crippen molar-refractivity contribution in [3.05, 3.63) is 65.7 Å². The highest BCUT2D eigenvalue weighted by Gasteiger charge is 2.25. The molecule has 0 bridgehead atoms. The van der Waals surface area contributed by atoms with Crippen LogP contribution in [0.1, 0.15) is 24.0 Å². The summed E-state index contributed by atoms with van der Waals surface area (Å²) in [4.78, 5) is 0. The molecule has 1 aromatic carbocycles. The molecule has 0 heterocycles. The van der Waals surface area contributed by atoms with Gasteiger partial charge in [0.1, 0.15) is 7.85 Å². The molecule has 0 atom stereocenters. The molecule has 1 aliphatic rings. The van der Waals surface area contributed by atoms with Crippen molar-refractivity contribution in [2.75, 3.05) is 0 Å². The average molecular weight is 220 g/mol. The Labute approximate surface area is 105 Å². The van der Waals surface area contributed by atoms with Crippen LogP contribution in [0.4, 0.5) is 0 Å². The Hall–Kier alpha value is -1.50. The van der Waals surface area contributed by atoms with Gasteiger partial charge >= 0.3 is 0 Å². The van der Waals surface area contributed by atoms with Crippen LogP contribution in [-0.2, 0) is 0 Å². The van der Waals surface area contributed by atoms with Gasteiger partial charge in [-0.3, -0.25) is 0 Å². The van der Waals surface area contributed by atoms with E-state index in [9.17, 15) is 0 Å². The molecule has 0 N–H and O–H groups in total. The molecule has 1 aromatic rings. The minimum absolute atomic E-state index is 0.545. The summed E-state index contributed by atoms with van der Waals surface area (Å²) >= 11 is 0. The summed E-state index contributed by atoms with van der Waals surface area (Å²) < 4.78 is 0. The minimum atomic E-state index is 0.545. The van der Waals surface area contributed by atoms with Gasteiger partial charge in [0, 0.05) is 0 Å². The van der Waals surface area contributed by atoms with Crippen LogP contribution in [0.3, 0.4) is 0 Å². The van der Waals surface area contributed by atoms with Crippen molar-refractivity contribution in [3.8, 4) is 0 Å². The van der Waals surface area contributed by atoms with E-state index in [0.717, 1.165) is 22.2 Å². The molecule has 0 aliphatic heterocycles. The third kappa shape index (κ3) is 2.44. The standard InChI is InChI=1S/C16H17B/c1-4-14(16(17)13-9-10-13)12(3)15-8-6-5-7-11(15)2/h4-8,13H,1,3,9-10H2,2H3/b16-14-. The van der Waals surface area contributed by atoms with Crippen LogP contribution in [0.2, 0.25) is 0 Å². The van der Waals surface area contributed by atoms with E-state index in [2.05, 4.69) is 32.2 Å². The molecule has 2 rings (SSSR count). The number of rotatable bonds is 4. The van der Waals surface area contributed by atoms with E-state index < -0.39 is 0 Å². The first kappa shape index (κ1) is 12.0. The van der Waals surface area contributed by atoms with Crippen molar-refractivity contribution in [1.29, 1.82) is 0 Å². The van der Waals surface area contributed by atoms with Crippen molar-refractivity contribution in [1.82, 2.24) is 0 Å². The highest BCUT2D eigenvalue weighted by Crippen LogP contribution is 2.39. The summed E-state index contributed by atoms with van der Waals surface area (Å²) in [6, 6.07) is 8.24. The van der Waals surface area contributed by atoms with Crippen LogP contribution in [0, 0.1) is 12.8 Å². The van der Waals surface area contributed by atoms with Crippen LogP contribution >= 0.6 is 0 Å². The molecule has 1 fully saturated rings. The molecule has 1 heteroatoms. The third-order valence-electron chi connectivity index (χ3n) is 3.33. The van der Waals surface area contributed by atoms with Crippen molar-refractivity contribution in [2.45, 2.75) is 19.8 Å². The van der Waals surface area contributed by atoms with E-state index in [-0.39, 0.29) is 0 Å². The number of allylic oxidation sites excluding steroid dienone is 4. The maximum Gasteiger partial charge on any atom is 0.109 e. The van der Waals surface area contributed by atoms with Gasteiger partial charge in [0.2, 0.25) is 0 Å². The largest absolute Gasteiger partial charge is 0.109 e. The smallest absolute Gasteiger partial charge is 0.107 e. The Bertz CT molecular complexity index is 490. The van der Waals surface area contributed by atoms with E-state index in [0.29, 0.717) is 5.92 Å². The van der Waals surface area contributed by atoms with Crippen LogP contribution in [-0.4, -0.2) is 7.85 Å². The SMILES string of the molecule is [B]/C(=C(/C=C)C(=C)c1ccccc1C)C1CC1. The van der Waals surface area contributed by atoms with Gasteiger partial charge in [-0.15, -0.1) is 5.47 Å². The molecule has 2 radical (unpaired) electrons. The molecule has 0 spiro atoms. The Balaban J connectivity index is 2.39. The van der Waals surface area contributed by atoms with Crippen LogP contribution in [0.15, 0.2) is 54.5 Å². The van der Waals surface area contributed by atoms with Crippen molar-refractivity contribution in [3.63, 3.8) is 0 Å². The Morgan fingerprint density at radius 3 is 2.53 bits per heavy atom. The highest BCUT2D eigenvalue weighted by atomic mass is 14.3. The normalized spacial score (nSPS) is 16.3. The van der Waals surface area contributed by atoms with E-state index in [1.807, 2.05) is 18.2 Å². The van der Waals surface area contributed by atoms with E-state index >= 15 is 0 Å². The summed E-state index contributed by atoms with van der Waals surface area (Å²) in [7, 11) is 6.17. The van der Waals surface area contributed by atoms with Gasteiger partial charge in [-0.1, -0.05) is 43.5 Å². The first-order chi connectivity index (χ1) is 8.15. The lowest BCUT2D eigenvalue weighted by atomic mass is 9.81. The van der Waals surface area contributed by atoms with Gasteiger partial charge in [-0.2, -0.15) is 0 Å².